The van der Waals surface area contributed by atoms with E-state index in [1.807, 2.05) is 0 Å². The van der Waals surface area contributed by atoms with Crippen LogP contribution in [-0.4, -0.2) is 29.1 Å². The molecular formula is C26H21BClF6NO5. The first-order valence-electron chi connectivity index (χ1n) is 12.3. The average Bonchev–Trinajstić information content (AvgIpc) is 3.11. The van der Waals surface area contributed by atoms with Gasteiger partial charge >= 0.3 is 19.5 Å². The topological polar surface area (TPSA) is 87.1 Å². The number of alkyl halides is 6. The highest BCUT2D eigenvalue weighted by molar-refractivity contribution is 6.53. The van der Waals surface area contributed by atoms with Crippen molar-refractivity contribution in [2.75, 3.05) is 4.90 Å². The van der Waals surface area contributed by atoms with E-state index in [0.717, 1.165) is 0 Å². The summed E-state index contributed by atoms with van der Waals surface area (Å²) in [4.78, 5) is 27.6. The molecule has 14 heteroatoms. The number of carbonyl (C=O) groups is 2. The van der Waals surface area contributed by atoms with Crippen molar-refractivity contribution in [1.82, 2.24) is 0 Å². The Labute approximate surface area is 229 Å². The van der Waals surface area contributed by atoms with Gasteiger partial charge in [0.25, 0.3) is 0 Å². The van der Waals surface area contributed by atoms with Crippen molar-refractivity contribution in [3.05, 3.63) is 69.2 Å². The second kappa shape index (κ2) is 9.81. The van der Waals surface area contributed by atoms with Gasteiger partial charge in [-0.3, -0.25) is 9.59 Å². The molecule has 1 aliphatic carbocycles. The number of halogens is 7. The number of nitrogens with zero attached hydrogens (tertiary/aromatic N) is 1. The van der Waals surface area contributed by atoms with Crippen LogP contribution in [0, 0.1) is 17.8 Å². The van der Waals surface area contributed by atoms with E-state index in [1.54, 1.807) is 6.92 Å². The Morgan fingerprint density at radius 1 is 1.00 bits per heavy atom. The van der Waals surface area contributed by atoms with Crippen molar-refractivity contribution in [1.29, 1.82) is 0 Å². The number of allylic oxidation sites excluding steroid dienone is 2. The second-order valence-electron chi connectivity index (χ2n) is 10.0. The van der Waals surface area contributed by atoms with Gasteiger partial charge in [0.2, 0.25) is 11.8 Å². The zero-order chi connectivity index (χ0) is 29.3. The molecule has 0 unspecified atom stereocenters. The Hall–Kier alpha value is -3.03. The number of phenols is 1. The maximum Gasteiger partial charge on any atom is 0.487 e. The van der Waals surface area contributed by atoms with Crippen LogP contribution in [0.2, 0.25) is 5.02 Å². The fraction of sp³-hybridized carbons (Fsp3) is 0.385. The third-order valence-electron chi connectivity index (χ3n) is 7.80. The third kappa shape index (κ3) is 4.77. The van der Waals surface area contributed by atoms with Crippen LogP contribution in [0.4, 0.5) is 32.0 Å². The van der Waals surface area contributed by atoms with E-state index in [4.69, 9.17) is 16.3 Å². The van der Waals surface area contributed by atoms with E-state index in [0.29, 0.717) is 40.1 Å². The van der Waals surface area contributed by atoms with Crippen molar-refractivity contribution in [2.24, 2.45) is 17.8 Å². The molecule has 0 radical (unpaired) electrons. The number of rotatable bonds is 3. The summed E-state index contributed by atoms with van der Waals surface area (Å²) in [5.74, 6) is -5.00. The molecule has 2 N–H and O–H groups in total. The number of hydrogen-bond donors (Lipinski definition) is 2. The number of imide groups is 1. The van der Waals surface area contributed by atoms with Crippen molar-refractivity contribution in [2.45, 2.75) is 44.6 Å². The van der Waals surface area contributed by atoms with Crippen LogP contribution in [0.5, 0.6) is 5.75 Å². The smallest absolute Gasteiger partial charge is 0.487 e. The zero-order valence-electron chi connectivity index (χ0n) is 20.7. The quantitative estimate of drug-likeness (QED) is 0.258. The third-order valence-corrected chi connectivity index (χ3v) is 8.13. The molecule has 5 rings (SSSR count). The molecule has 0 saturated carbocycles. The van der Waals surface area contributed by atoms with Crippen LogP contribution in [0.1, 0.15) is 49.0 Å². The highest BCUT2D eigenvalue weighted by Gasteiger charge is 2.58. The summed E-state index contributed by atoms with van der Waals surface area (Å²) in [5.41, 5.74) is -2.74. The number of hydrogen-bond acceptors (Lipinski definition) is 5. The molecular weight excluding hydrogens is 567 g/mol. The number of fused-ring (bicyclic) bond motifs is 3. The lowest BCUT2D eigenvalue weighted by atomic mass is 9.55. The normalized spacial score (nSPS) is 25.4. The molecule has 4 atom stereocenters. The molecule has 2 fully saturated rings. The van der Waals surface area contributed by atoms with Crippen LogP contribution in [-0.2, 0) is 26.6 Å². The molecule has 2 aliphatic heterocycles. The van der Waals surface area contributed by atoms with Gasteiger partial charge in [-0.05, 0) is 66.5 Å². The van der Waals surface area contributed by atoms with Gasteiger partial charge in [-0.15, -0.1) is 0 Å². The summed E-state index contributed by atoms with van der Waals surface area (Å²) in [6, 6.07) is 4.72. The van der Waals surface area contributed by atoms with E-state index in [-0.39, 0.29) is 29.7 Å². The van der Waals surface area contributed by atoms with E-state index in [1.165, 1.54) is 18.2 Å². The van der Waals surface area contributed by atoms with Gasteiger partial charge < -0.3 is 14.8 Å². The standard InChI is InChI=1S/C26H21BClF6NO5/c1-2-11-5-18-21(17-10-20(40-27(39)22(11)17)16-4-3-15(36)9-19(16)28)24(38)35(23(18)37)14-7-12(25(29,30)31)6-13(8-14)26(32,33)34/h3-4,6-9,17-18,20-21,36,39H,2,5,10H2,1H3/t17-,18-,20-,21+/m0/s1. The van der Waals surface area contributed by atoms with E-state index >= 15 is 0 Å². The van der Waals surface area contributed by atoms with Crippen LogP contribution in [0.15, 0.2) is 47.4 Å². The maximum atomic E-state index is 13.7. The second-order valence-corrected chi connectivity index (χ2v) is 10.5. The first-order chi connectivity index (χ1) is 18.6. The molecule has 2 aromatic rings. The van der Waals surface area contributed by atoms with Gasteiger partial charge in [-0.1, -0.05) is 30.2 Å². The zero-order valence-corrected chi connectivity index (χ0v) is 21.4. The fourth-order valence-corrected chi connectivity index (χ4v) is 6.35. The molecule has 2 saturated heterocycles. The number of phenolic OH excluding ortho intramolecular Hbond substituents is 1. The fourth-order valence-electron chi connectivity index (χ4n) is 6.05. The highest BCUT2D eigenvalue weighted by Crippen LogP contribution is 2.53. The van der Waals surface area contributed by atoms with Crippen molar-refractivity contribution in [3.63, 3.8) is 0 Å². The Morgan fingerprint density at radius 3 is 2.17 bits per heavy atom. The Kier molecular flexibility index (Phi) is 6.99. The van der Waals surface area contributed by atoms with Crippen LogP contribution in [0.25, 0.3) is 0 Å². The number of aromatic hydroxyl groups is 1. The van der Waals surface area contributed by atoms with Crippen LogP contribution in [0.3, 0.4) is 0 Å². The van der Waals surface area contributed by atoms with Crippen LogP contribution >= 0.6 is 11.6 Å². The lowest BCUT2D eigenvalue weighted by Crippen LogP contribution is -2.44. The molecule has 40 heavy (non-hydrogen) atoms. The number of carbonyl (C=O) groups excluding carboxylic acids is 2. The molecule has 212 valence electrons. The first kappa shape index (κ1) is 28.5. The predicted molar refractivity (Wildman–Crippen MR) is 131 cm³/mol. The summed E-state index contributed by atoms with van der Waals surface area (Å²) >= 11 is 6.26. The van der Waals surface area contributed by atoms with Gasteiger partial charge in [-0.25, -0.2) is 4.90 Å². The molecule has 2 aromatic carbocycles. The molecule has 2 heterocycles. The minimum absolute atomic E-state index is 0.00971. The highest BCUT2D eigenvalue weighted by atomic mass is 35.5. The van der Waals surface area contributed by atoms with Gasteiger partial charge in [0.1, 0.15) is 5.75 Å². The maximum absolute atomic E-state index is 13.7. The lowest BCUT2D eigenvalue weighted by Gasteiger charge is -2.42. The summed E-state index contributed by atoms with van der Waals surface area (Å²) in [6.07, 6.45) is -10.8. The summed E-state index contributed by atoms with van der Waals surface area (Å²) < 4.78 is 86.8. The molecule has 0 aromatic heterocycles. The van der Waals surface area contributed by atoms with Crippen molar-refractivity contribution in [3.8, 4) is 5.75 Å². The average molecular weight is 588 g/mol. The Balaban J connectivity index is 1.58. The van der Waals surface area contributed by atoms with E-state index < -0.39 is 72.0 Å². The SMILES string of the molecule is CCC1=C2B(O)O[C@H](c3ccc(O)cc3Cl)C[C@H]2[C@H]2C(=O)N(c3cc(C(F)(F)F)cc(C(F)(F)F)c3)C(=O)[C@H]2C1. The first-order valence-corrected chi connectivity index (χ1v) is 12.7. The molecule has 0 bridgehead atoms. The monoisotopic (exact) mass is 587 g/mol. The number of amides is 2. The van der Waals surface area contributed by atoms with Gasteiger partial charge in [0.15, 0.2) is 0 Å². The summed E-state index contributed by atoms with van der Waals surface area (Å²) in [5, 5.41) is 20.8. The molecule has 0 spiro atoms. The van der Waals surface area contributed by atoms with Gasteiger partial charge in [0, 0.05) is 5.02 Å². The summed E-state index contributed by atoms with van der Waals surface area (Å²) in [7, 11) is -1.49. The van der Waals surface area contributed by atoms with Crippen molar-refractivity contribution < 1.29 is 50.7 Å². The Morgan fingerprint density at radius 2 is 1.62 bits per heavy atom. The largest absolute Gasteiger partial charge is 0.508 e. The molecule has 3 aliphatic rings. The minimum Gasteiger partial charge on any atom is -0.508 e. The van der Waals surface area contributed by atoms with Crippen LogP contribution < -0.4 is 4.90 Å². The van der Waals surface area contributed by atoms with Crippen molar-refractivity contribution >= 4 is 36.2 Å². The summed E-state index contributed by atoms with van der Waals surface area (Å²) in [6.45, 7) is 1.76. The number of anilines is 1. The Bertz CT molecular complexity index is 1400. The molecule has 6 nitrogen and oxygen atoms in total. The number of benzene rings is 2. The van der Waals surface area contributed by atoms with Gasteiger partial charge in [-0.2, -0.15) is 26.3 Å². The van der Waals surface area contributed by atoms with Gasteiger partial charge in [0.05, 0.1) is 34.8 Å². The minimum atomic E-state index is -5.17. The lowest BCUT2D eigenvalue weighted by molar-refractivity contribution is -0.143. The predicted octanol–water partition coefficient (Wildman–Crippen LogP) is 6.10. The van der Waals surface area contributed by atoms with E-state index in [9.17, 15) is 46.1 Å². The molecule has 2 amide bonds. The van der Waals surface area contributed by atoms with E-state index in [2.05, 4.69) is 0 Å².